The van der Waals surface area contributed by atoms with Crippen molar-refractivity contribution in [3.63, 3.8) is 0 Å². The van der Waals surface area contributed by atoms with Crippen LogP contribution in [0.25, 0.3) is 16.2 Å². The van der Waals surface area contributed by atoms with Crippen LogP contribution in [0.2, 0.25) is 0 Å². The highest BCUT2D eigenvalue weighted by atomic mass is 32.2. The van der Waals surface area contributed by atoms with Crippen LogP contribution < -0.4 is 0 Å². The molecule has 0 bridgehead atoms. The second kappa shape index (κ2) is 6.14. The highest BCUT2D eigenvalue weighted by Crippen LogP contribution is 2.25. The second-order valence-corrected chi connectivity index (χ2v) is 7.11. The number of nitrogens with zero attached hydrogens (tertiary/aromatic N) is 4. The van der Waals surface area contributed by atoms with E-state index in [4.69, 9.17) is 0 Å². The maximum Gasteiger partial charge on any atom is 0.212 e. The van der Waals surface area contributed by atoms with E-state index in [2.05, 4.69) is 57.9 Å². The summed E-state index contributed by atoms with van der Waals surface area (Å²) in [6.07, 6.45) is 0. The molecule has 0 saturated heterocycles. The Balaban J connectivity index is 1.62. The largest absolute Gasteiger partial charge is 0.212 e. The van der Waals surface area contributed by atoms with Gasteiger partial charge in [0.2, 0.25) is 5.16 Å². The normalized spacial score (nSPS) is 11.2. The number of fused-ring (bicyclic) bond motifs is 1. The molecule has 0 saturated carbocycles. The van der Waals surface area contributed by atoms with Gasteiger partial charge in [-0.1, -0.05) is 47.7 Å². The molecule has 0 spiro atoms. The summed E-state index contributed by atoms with van der Waals surface area (Å²) in [7, 11) is 0. The van der Waals surface area contributed by atoms with E-state index in [1.165, 1.54) is 11.1 Å². The van der Waals surface area contributed by atoms with Crippen molar-refractivity contribution < 1.29 is 0 Å². The van der Waals surface area contributed by atoms with Crippen molar-refractivity contribution in [3.8, 4) is 10.6 Å². The van der Waals surface area contributed by atoms with E-state index in [1.54, 1.807) is 23.1 Å². The van der Waals surface area contributed by atoms with Crippen LogP contribution in [0.5, 0.6) is 0 Å². The lowest BCUT2D eigenvalue weighted by atomic mass is 10.2. The molecule has 0 unspecified atom stereocenters. The molecule has 1 aromatic carbocycles. The summed E-state index contributed by atoms with van der Waals surface area (Å²) < 4.78 is 1.83. The molecular weight excluding hydrogens is 324 g/mol. The summed E-state index contributed by atoms with van der Waals surface area (Å²) in [5.74, 6) is 0.853. The predicted octanol–water partition coefficient (Wildman–Crippen LogP) is 4.45. The quantitative estimate of drug-likeness (QED) is 0.516. The maximum atomic E-state index is 4.69. The summed E-state index contributed by atoms with van der Waals surface area (Å²) in [4.78, 5) is 1.15. The summed E-state index contributed by atoms with van der Waals surface area (Å²) in [6.45, 7) is 2.10. The zero-order chi connectivity index (χ0) is 15.6. The van der Waals surface area contributed by atoms with E-state index in [-0.39, 0.29) is 0 Å². The third-order valence-electron chi connectivity index (χ3n) is 3.50. The van der Waals surface area contributed by atoms with Crippen LogP contribution in [0.1, 0.15) is 11.1 Å². The molecule has 0 radical (unpaired) electrons. The average molecular weight is 338 g/mol. The van der Waals surface area contributed by atoms with Crippen molar-refractivity contribution in [3.05, 3.63) is 65.0 Å². The Hall–Kier alpha value is -2.18. The van der Waals surface area contributed by atoms with Crippen LogP contribution in [0, 0.1) is 6.92 Å². The van der Waals surface area contributed by atoms with Crippen LogP contribution in [-0.4, -0.2) is 19.8 Å². The van der Waals surface area contributed by atoms with Gasteiger partial charge in [0.05, 0.1) is 4.88 Å². The monoisotopic (exact) mass is 338 g/mol. The zero-order valence-electron chi connectivity index (χ0n) is 12.5. The number of hydrogen-bond acceptors (Lipinski definition) is 5. The average Bonchev–Trinajstić information content (AvgIpc) is 3.24. The summed E-state index contributed by atoms with van der Waals surface area (Å²) >= 11 is 3.33. The molecule has 0 amide bonds. The number of thiophene rings is 1. The Morgan fingerprint density at radius 2 is 1.91 bits per heavy atom. The molecule has 114 valence electrons. The van der Waals surface area contributed by atoms with Gasteiger partial charge in [-0.15, -0.1) is 21.5 Å². The fourth-order valence-corrected chi connectivity index (χ4v) is 3.78. The first-order valence-electron chi connectivity index (χ1n) is 7.24. The first kappa shape index (κ1) is 14.4. The number of rotatable bonds is 4. The third kappa shape index (κ3) is 3.00. The molecule has 4 aromatic rings. The maximum absolute atomic E-state index is 4.69. The number of hydrogen-bond donors (Lipinski definition) is 0. The zero-order valence-corrected chi connectivity index (χ0v) is 14.1. The summed E-state index contributed by atoms with van der Waals surface area (Å²) in [5.41, 5.74) is 4.27. The Labute approximate surface area is 142 Å². The third-order valence-corrected chi connectivity index (χ3v) is 5.38. The van der Waals surface area contributed by atoms with Crippen molar-refractivity contribution in [2.75, 3.05) is 0 Å². The molecule has 0 aliphatic heterocycles. The van der Waals surface area contributed by atoms with Gasteiger partial charge < -0.3 is 0 Å². The van der Waals surface area contributed by atoms with E-state index in [9.17, 15) is 0 Å². The molecule has 4 nitrogen and oxygen atoms in total. The lowest BCUT2D eigenvalue weighted by Gasteiger charge is -2.02. The minimum absolute atomic E-state index is 0.775. The Kier molecular flexibility index (Phi) is 3.85. The Morgan fingerprint density at radius 3 is 2.70 bits per heavy atom. The smallest absolute Gasteiger partial charge is 0.187 e. The Morgan fingerprint density at radius 1 is 1.04 bits per heavy atom. The number of benzene rings is 1. The van der Waals surface area contributed by atoms with Gasteiger partial charge in [-0.25, -0.2) is 0 Å². The highest BCUT2D eigenvalue weighted by molar-refractivity contribution is 7.98. The molecule has 0 aliphatic carbocycles. The number of aromatic nitrogens is 4. The van der Waals surface area contributed by atoms with Gasteiger partial charge in [0.15, 0.2) is 5.65 Å². The summed E-state index contributed by atoms with van der Waals surface area (Å²) in [6, 6.07) is 16.6. The number of aryl methyl sites for hydroxylation is 1. The van der Waals surface area contributed by atoms with Crippen LogP contribution in [0.3, 0.4) is 0 Å². The van der Waals surface area contributed by atoms with E-state index in [1.807, 2.05) is 22.7 Å². The first-order valence-corrected chi connectivity index (χ1v) is 9.11. The van der Waals surface area contributed by atoms with Gasteiger partial charge in [-0.2, -0.15) is 9.61 Å². The van der Waals surface area contributed by atoms with Crippen molar-refractivity contribution in [2.24, 2.45) is 0 Å². The van der Waals surface area contributed by atoms with E-state index in [0.717, 1.165) is 27.1 Å². The van der Waals surface area contributed by atoms with Crippen LogP contribution >= 0.6 is 23.1 Å². The molecule has 0 atom stereocenters. The van der Waals surface area contributed by atoms with Gasteiger partial charge in [0, 0.05) is 5.75 Å². The topological polar surface area (TPSA) is 43.1 Å². The van der Waals surface area contributed by atoms with Gasteiger partial charge >= 0.3 is 0 Å². The van der Waals surface area contributed by atoms with Crippen LogP contribution in [-0.2, 0) is 5.75 Å². The van der Waals surface area contributed by atoms with Crippen molar-refractivity contribution in [1.82, 2.24) is 19.8 Å². The van der Waals surface area contributed by atoms with Crippen molar-refractivity contribution in [1.29, 1.82) is 0 Å². The molecule has 6 heteroatoms. The standard InChI is InChI=1S/C17H14N4S2/c1-12-4-6-13(7-5-12)11-23-17-19-18-16-9-8-14(20-21(16)17)15-3-2-10-22-15/h2-10H,11H2,1H3. The molecule has 0 aliphatic rings. The van der Waals surface area contributed by atoms with Gasteiger partial charge in [0.1, 0.15) is 5.69 Å². The molecule has 3 heterocycles. The molecule has 0 N–H and O–H groups in total. The van der Waals surface area contributed by atoms with E-state index >= 15 is 0 Å². The second-order valence-electron chi connectivity index (χ2n) is 5.22. The van der Waals surface area contributed by atoms with Gasteiger partial charge in [-0.3, -0.25) is 0 Å². The minimum Gasteiger partial charge on any atom is -0.187 e. The van der Waals surface area contributed by atoms with E-state index < -0.39 is 0 Å². The lowest BCUT2D eigenvalue weighted by molar-refractivity contribution is 0.813. The molecule has 4 rings (SSSR count). The van der Waals surface area contributed by atoms with Gasteiger partial charge in [-0.05, 0) is 36.1 Å². The molecule has 3 aromatic heterocycles. The van der Waals surface area contributed by atoms with Crippen LogP contribution in [0.15, 0.2) is 59.1 Å². The minimum atomic E-state index is 0.775. The SMILES string of the molecule is Cc1ccc(CSc2nnc3ccc(-c4cccs4)nn23)cc1. The summed E-state index contributed by atoms with van der Waals surface area (Å²) in [5, 5.41) is 16.0. The van der Waals surface area contributed by atoms with Crippen molar-refractivity contribution >= 4 is 28.7 Å². The predicted molar refractivity (Wildman–Crippen MR) is 94.8 cm³/mol. The molecule has 0 fully saturated rings. The molecular formula is C17H14N4S2. The van der Waals surface area contributed by atoms with Crippen LogP contribution in [0.4, 0.5) is 0 Å². The Bertz CT molecular complexity index is 927. The molecule has 23 heavy (non-hydrogen) atoms. The number of thioether (sulfide) groups is 1. The fourth-order valence-electron chi connectivity index (χ4n) is 2.25. The van der Waals surface area contributed by atoms with Gasteiger partial charge in [0.25, 0.3) is 0 Å². The highest BCUT2D eigenvalue weighted by Gasteiger charge is 2.10. The lowest BCUT2D eigenvalue weighted by Crippen LogP contribution is -1.95. The van der Waals surface area contributed by atoms with E-state index in [0.29, 0.717) is 0 Å². The van der Waals surface area contributed by atoms with Crippen molar-refractivity contribution in [2.45, 2.75) is 17.8 Å². The fraction of sp³-hybridized carbons (Fsp3) is 0.118. The first-order chi connectivity index (χ1) is 11.3.